The largest absolute Gasteiger partial charge is 0.361 e. The van der Waals surface area contributed by atoms with Crippen LogP contribution in [0, 0.1) is 0 Å². The molecule has 4 heteroatoms. The number of rotatable bonds is 7. The van der Waals surface area contributed by atoms with E-state index in [0.29, 0.717) is 19.5 Å². The minimum absolute atomic E-state index is 0.0875. The van der Waals surface area contributed by atoms with Crippen molar-refractivity contribution in [3.05, 3.63) is 35.5 Å². The second kappa shape index (κ2) is 7.10. The van der Waals surface area contributed by atoms with Gasteiger partial charge in [0.2, 0.25) is 5.91 Å². The number of para-hydroxylation sites is 1. The topological polar surface area (TPSA) is 70.9 Å². The summed E-state index contributed by atoms with van der Waals surface area (Å²) >= 11 is 0. The summed E-state index contributed by atoms with van der Waals surface area (Å²) in [5.74, 6) is 0.0875. The summed E-state index contributed by atoms with van der Waals surface area (Å²) in [6.07, 6.45) is 5.19. The highest BCUT2D eigenvalue weighted by molar-refractivity contribution is 5.86. The molecule has 0 unspecified atom stereocenters. The van der Waals surface area contributed by atoms with Crippen molar-refractivity contribution in [1.29, 1.82) is 0 Å². The van der Waals surface area contributed by atoms with Crippen molar-refractivity contribution in [2.45, 2.75) is 32.6 Å². The molecule has 20 heavy (non-hydrogen) atoms. The molecule has 1 amide bonds. The van der Waals surface area contributed by atoms with Crippen LogP contribution < -0.4 is 11.1 Å². The molecule has 2 aromatic rings. The predicted molar refractivity (Wildman–Crippen MR) is 82.7 cm³/mol. The molecule has 0 radical (unpaired) electrons. The number of amides is 1. The van der Waals surface area contributed by atoms with Crippen LogP contribution in [-0.4, -0.2) is 24.0 Å². The maximum atomic E-state index is 11.5. The molecule has 1 aromatic heterocycles. The van der Waals surface area contributed by atoms with Crippen molar-refractivity contribution in [2.24, 2.45) is 5.73 Å². The Balaban J connectivity index is 1.95. The Bertz CT molecular complexity index is 574. The van der Waals surface area contributed by atoms with Crippen LogP contribution in [0.2, 0.25) is 0 Å². The molecule has 1 aromatic carbocycles. The third-order valence-electron chi connectivity index (χ3n) is 3.59. The molecule has 0 aliphatic rings. The summed E-state index contributed by atoms with van der Waals surface area (Å²) in [5.41, 5.74) is 9.20. The van der Waals surface area contributed by atoms with Gasteiger partial charge in [-0.15, -0.1) is 0 Å². The number of carbonyl (C=O) groups excluding carboxylic acids is 1. The van der Waals surface area contributed by atoms with E-state index in [9.17, 15) is 4.79 Å². The van der Waals surface area contributed by atoms with Crippen molar-refractivity contribution >= 4 is 16.8 Å². The van der Waals surface area contributed by atoms with Gasteiger partial charge in [-0.2, -0.15) is 0 Å². The maximum absolute atomic E-state index is 11.5. The molecule has 0 fully saturated rings. The van der Waals surface area contributed by atoms with Crippen molar-refractivity contribution in [3.63, 3.8) is 0 Å². The van der Waals surface area contributed by atoms with Crippen LogP contribution in [0.3, 0.4) is 0 Å². The molecule has 4 N–H and O–H groups in total. The van der Waals surface area contributed by atoms with E-state index in [1.807, 2.05) is 0 Å². The molecule has 0 aliphatic heterocycles. The summed E-state index contributed by atoms with van der Waals surface area (Å²) in [6.45, 7) is 3.40. The number of H-pyrrole nitrogens is 1. The minimum atomic E-state index is 0.0875. The van der Waals surface area contributed by atoms with Crippen LogP contribution in [-0.2, 0) is 17.6 Å². The predicted octanol–water partition coefficient (Wildman–Crippen LogP) is 2.13. The number of aromatic nitrogens is 1. The standard InChI is InChI=1S/C16H23N3O/c1-2-12-5-3-6-14-13(11-19-16(12)14)8-10-18-15(20)7-4-9-17/h3,5-6,11,19H,2,4,7-10,17H2,1H3,(H,18,20). The van der Waals surface area contributed by atoms with Crippen LogP contribution in [0.25, 0.3) is 10.9 Å². The summed E-state index contributed by atoms with van der Waals surface area (Å²) in [4.78, 5) is 14.9. The van der Waals surface area contributed by atoms with Gasteiger partial charge in [0.05, 0.1) is 0 Å². The molecular formula is C16H23N3O. The molecule has 2 rings (SSSR count). The second-order valence-corrected chi connectivity index (χ2v) is 5.00. The second-order valence-electron chi connectivity index (χ2n) is 5.00. The maximum Gasteiger partial charge on any atom is 0.220 e. The van der Waals surface area contributed by atoms with Crippen molar-refractivity contribution in [3.8, 4) is 0 Å². The summed E-state index contributed by atoms with van der Waals surface area (Å²) < 4.78 is 0. The van der Waals surface area contributed by atoms with E-state index in [-0.39, 0.29) is 5.91 Å². The zero-order valence-corrected chi connectivity index (χ0v) is 12.0. The summed E-state index contributed by atoms with van der Waals surface area (Å²) in [5, 5.41) is 4.21. The van der Waals surface area contributed by atoms with Gasteiger partial charge in [-0.3, -0.25) is 4.79 Å². The quantitative estimate of drug-likeness (QED) is 0.723. The van der Waals surface area contributed by atoms with Crippen LogP contribution >= 0.6 is 0 Å². The van der Waals surface area contributed by atoms with Crippen molar-refractivity contribution < 1.29 is 4.79 Å². The van der Waals surface area contributed by atoms with Crippen molar-refractivity contribution in [1.82, 2.24) is 10.3 Å². The van der Waals surface area contributed by atoms with E-state index < -0.39 is 0 Å². The fourth-order valence-electron chi connectivity index (χ4n) is 2.46. The summed E-state index contributed by atoms with van der Waals surface area (Å²) in [6, 6.07) is 6.38. The van der Waals surface area contributed by atoms with Gasteiger partial charge < -0.3 is 16.0 Å². The Morgan fingerprint density at radius 1 is 1.35 bits per heavy atom. The lowest BCUT2D eigenvalue weighted by atomic mass is 10.1. The lowest BCUT2D eigenvalue weighted by Crippen LogP contribution is -2.25. The van der Waals surface area contributed by atoms with E-state index in [4.69, 9.17) is 5.73 Å². The highest BCUT2D eigenvalue weighted by Crippen LogP contribution is 2.22. The first-order valence-corrected chi connectivity index (χ1v) is 7.31. The van der Waals surface area contributed by atoms with Gasteiger partial charge in [0.1, 0.15) is 0 Å². The lowest BCUT2D eigenvalue weighted by Gasteiger charge is -2.04. The first-order chi connectivity index (χ1) is 9.76. The Morgan fingerprint density at radius 2 is 2.20 bits per heavy atom. The molecule has 108 valence electrons. The molecule has 0 atom stereocenters. The molecule has 0 bridgehead atoms. The van der Waals surface area contributed by atoms with Gasteiger partial charge in [-0.1, -0.05) is 25.1 Å². The van der Waals surface area contributed by atoms with E-state index >= 15 is 0 Å². The van der Waals surface area contributed by atoms with Crippen molar-refractivity contribution in [2.75, 3.05) is 13.1 Å². The molecule has 0 spiro atoms. The number of nitrogens with two attached hydrogens (primary N) is 1. The smallest absolute Gasteiger partial charge is 0.220 e. The van der Waals surface area contributed by atoms with E-state index in [0.717, 1.165) is 19.3 Å². The Morgan fingerprint density at radius 3 is 2.95 bits per heavy atom. The number of carbonyl (C=O) groups is 1. The van der Waals surface area contributed by atoms with Crippen LogP contribution in [0.4, 0.5) is 0 Å². The number of aryl methyl sites for hydroxylation is 1. The normalized spacial score (nSPS) is 10.9. The van der Waals surface area contributed by atoms with Crippen LogP contribution in [0.5, 0.6) is 0 Å². The third-order valence-corrected chi connectivity index (χ3v) is 3.59. The number of hydrogen-bond acceptors (Lipinski definition) is 2. The fourth-order valence-corrected chi connectivity index (χ4v) is 2.46. The number of fused-ring (bicyclic) bond motifs is 1. The van der Waals surface area contributed by atoms with Gasteiger partial charge in [0.15, 0.2) is 0 Å². The van der Waals surface area contributed by atoms with Gasteiger partial charge in [-0.25, -0.2) is 0 Å². The Labute approximate surface area is 119 Å². The lowest BCUT2D eigenvalue weighted by molar-refractivity contribution is -0.121. The molecule has 0 saturated heterocycles. The molecule has 4 nitrogen and oxygen atoms in total. The van der Waals surface area contributed by atoms with E-state index in [1.165, 1.54) is 22.0 Å². The van der Waals surface area contributed by atoms with Gasteiger partial charge >= 0.3 is 0 Å². The highest BCUT2D eigenvalue weighted by atomic mass is 16.1. The first-order valence-electron chi connectivity index (χ1n) is 7.31. The van der Waals surface area contributed by atoms with Crippen LogP contribution in [0.15, 0.2) is 24.4 Å². The van der Waals surface area contributed by atoms with Gasteiger partial charge in [0.25, 0.3) is 0 Å². The molecule has 1 heterocycles. The summed E-state index contributed by atoms with van der Waals surface area (Å²) in [7, 11) is 0. The van der Waals surface area contributed by atoms with Gasteiger partial charge in [-0.05, 0) is 36.9 Å². The number of benzene rings is 1. The average Bonchev–Trinajstić information content (AvgIpc) is 2.88. The number of nitrogens with one attached hydrogen (secondary N) is 2. The monoisotopic (exact) mass is 273 g/mol. The Kier molecular flexibility index (Phi) is 5.18. The zero-order chi connectivity index (χ0) is 14.4. The Hall–Kier alpha value is -1.81. The number of hydrogen-bond donors (Lipinski definition) is 3. The van der Waals surface area contributed by atoms with Crippen LogP contribution in [0.1, 0.15) is 30.9 Å². The van der Waals surface area contributed by atoms with E-state index in [1.54, 1.807) is 0 Å². The molecular weight excluding hydrogens is 250 g/mol. The van der Waals surface area contributed by atoms with E-state index in [2.05, 4.69) is 41.6 Å². The molecule has 0 saturated carbocycles. The third kappa shape index (κ3) is 3.39. The SMILES string of the molecule is CCc1cccc2c(CCNC(=O)CCCN)c[nH]c12. The number of aromatic amines is 1. The first kappa shape index (κ1) is 14.6. The highest BCUT2D eigenvalue weighted by Gasteiger charge is 2.07. The van der Waals surface area contributed by atoms with Gasteiger partial charge in [0, 0.05) is 30.1 Å². The molecule has 0 aliphatic carbocycles. The average molecular weight is 273 g/mol. The minimum Gasteiger partial charge on any atom is -0.361 e. The fraction of sp³-hybridized carbons (Fsp3) is 0.438. The zero-order valence-electron chi connectivity index (χ0n) is 12.0.